The smallest absolute Gasteiger partial charge is 0.341 e. The first-order chi connectivity index (χ1) is 22.4. The molecule has 0 bridgehead atoms. The number of aryl methyl sites for hydroxylation is 1. The molecule has 9 heteroatoms. The topological polar surface area (TPSA) is 98.2 Å². The largest absolute Gasteiger partial charge is 0.486 e. The van der Waals surface area contributed by atoms with Gasteiger partial charge >= 0.3 is 5.97 Å². The van der Waals surface area contributed by atoms with Crippen LogP contribution in [0.1, 0.15) is 26.5 Å². The lowest BCUT2D eigenvalue weighted by Gasteiger charge is -2.26. The molecular formula is C37H36N2O6S. The van der Waals surface area contributed by atoms with E-state index in [9.17, 15) is 9.59 Å². The number of hydrogen-bond acceptors (Lipinski definition) is 7. The Morgan fingerprint density at radius 2 is 1.72 bits per heavy atom. The van der Waals surface area contributed by atoms with E-state index in [1.54, 1.807) is 29.5 Å². The van der Waals surface area contributed by atoms with E-state index in [0.717, 1.165) is 38.7 Å². The van der Waals surface area contributed by atoms with E-state index < -0.39 is 12.6 Å². The molecule has 46 heavy (non-hydrogen) atoms. The van der Waals surface area contributed by atoms with Crippen LogP contribution in [-0.4, -0.2) is 59.8 Å². The molecule has 3 aromatic carbocycles. The normalized spacial score (nSPS) is 13.3. The zero-order valence-corrected chi connectivity index (χ0v) is 26.5. The molecule has 236 valence electrons. The van der Waals surface area contributed by atoms with Crippen LogP contribution in [0.25, 0.3) is 21.7 Å². The quantitative estimate of drug-likeness (QED) is 0.156. The molecule has 0 radical (unpaired) electrons. The first-order valence-electron chi connectivity index (χ1n) is 15.0. The Morgan fingerprint density at radius 3 is 2.41 bits per heavy atom. The van der Waals surface area contributed by atoms with Gasteiger partial charge in [0.25, 0.3) is 5.91 Å². The summed E-state index contributed by atoms with van der Waals surface area (Å²) in [4.78, 5) is 31.7. The van der Waals surface area contributed by atoms with Crippen LogP contribution in [0.5, 0.6) is 11.5 Å². The van der Waals surface area contributed by atoms with Gasteiger partial charge in [-0.25, -0.2) is 9.78 Å². The second kappa shape index (κ2) is 15.8. The van der Waals surface area contributed by atoms with Crippen molar-refractivity contribution in [1.82, 2.24) is 9.88 Å². The summed E-state index contributed by atoms with van der Waals surface area (Å²) < 4.78 is 16.8. The van der Waals surface area contributed by atoms with Gasteiger partial charge in [-0.1, -0.05) is 73.4 Å². The highest BCUT2D eigenvalue weighted by Gasteiger charge is 2.20. The van der Waals surface area contributed by atoms with Crippen molar-refractivity contribution >= 4 is 23.2 Å². The molecule has 1 aliphatic heterocycles. The minimum absolute atomic E-state index is 0.00161. The van der Waals surface area contributed by atoms with Crippen molar-refractivity contribution in [2.24, 2.45) is 0 Å². The highest BCUT2D eigenvalue weighted by molar-refractivity contribution is 7.15. The van der Waals surface area contributed by atoms with E-state index >= 15 is 0 Å². The maximum Gasteiger partial charge on any atom is 0.341 e. The molecule has 1 saturated heterocycles. The predicted molar refractivity (Wildman–Crippen MR) is 181 cm³/mol. The monoisotopic (exact) mass is 636 g/mol. The third kappa shape index (κ3) is 8.59. The number of carbonyl (C=O) groups is 2. The highest BCUT2D eigenvalue weighted by atomic mass is 32.1. The molecule has 0 aliphatic carbocycles. The number of morpholine rings is 1. The molecule has 0 saturated carbocycles. The number of aliphatic carboxylic acids is 1. The number of nitrogens with zero attached hydrogens (tertiary/aromatic N) is 2. The number of amides is 1. The van der Waals surface area contributed by atoms with Gasteiger partial charge in [-0.3, -0.25) is 4.79 Å². The SMILES string of the molecule is C=C/C=C\C=C/Cc1ccc(-c2sc(COc3ccc(OCC(=O)O)c(C)c3)nc2-c2ccc(C(=O)N3CCOCC3)cc2)cc1. The summed E-state index contributed by atoms with van der Waals surface area (Å²) in [5.74, 6) is 0.0967. The zero-order chi connectivity index (χ0) is 32.3. The third-order valence-electron chi connectivity index (χ3n) is 7.30. The molecule has 1 amide bonds. The van der Waals surface area contributed by atoms with Gasteiger partial charge in [0.05, 0.1) is 23.8 Å². The van der Waals surface area contributed by atoms with E-state index in [0.29, 0.717) is 43.4 Å². The first-order valence-corrected chi connectivity index (χ1v) is 15.8. The van der Waals surface area contributed by atoms with E-state index in [4.69, 9.17) is 24.3 Å². The fourth-order valence-corrected chi connectivity index (χ4v) is 5.92. The van der Waals surface area contributed by atoms with Crippen molar-refractivity contribution in [2.75, 3.05) is 32.9 Å². The molecule has 1 fully saturated rings. The van der Waals surface area contributed by atoms with Crippen molar-refractivity contribution < 1.29 is 28.9 Å². The number of carboxylic acids is 1. The second-order valence-electron chi connectivity index (χ2n) is 10.6. The minimum Gasteiger partial charge on any atom is -0.486 e. The van der Waals surface area contributed by atoms with Crippen LogP contribution < -0.4 is 9.47 Å². The average molecular weight is 637 g/mol. The molecule has 1 aromatic heterocycles. The third-order valence-corrected chi connectivity index (χ3v) is 8.38. The lowest BCUT2D eigenvalue weighted by Crippen LogP contribution is -2.40. The van der Waals surface area contributed by atoms with Gasteiger partial charge in [-0.15, -0.1) is 11.3 Å². The molecular weight excluding hydrogens is 600 g/mol. The maximum absolute atomic E-state index is 13.0. The Hall–Kier alpha value is -4.99. The number of aromatic nitrogens is 1. The molecule has 4 aromatic rings. The number of rotatable bonds is 13. The summed E-state index contributed by atoms with van der Waals surface area (Å²) in [5.41, 5.74) is 5.38. The summed E-state index contributed by atoms with van der Waals surface area (Å²) in [6.07, 6.45) is 10.5. The zero-order valence-electron chi connectivity index (χ0n) is 25.7. The van der Waals surface area contributed by atoms with Crippen LogP contribution in [0.2, 0.25) is 0 Å². The minimum atomic E-state index is -1.03. The van der Waals surface area contributed by atoms with Crippen molar-refractivity contribution in [3.05, 3.63) is 125 Å². The van der Waals surface area contributed by atoms with Gasteiger partial charge in [0.2, 0.25) is 0 Å². The van der Waals surface area contributed by atoms with Gasteiger partial charge in [0.15, 0.2) is 6.61 Å². The molecule has 1 N–H and O–H groups in total. The molecule has 0 spiro atoms. The van der Waals surface area contributed by atoms with Gasteiger partial charge in [-0.2, -0.15) is 0 Å². The highest BCUT2D eigenvalue weighted by Crippen LogP contribution is 2.38. The van der Waals surface area contributed by atoms with E-state index in [1.807, 2.05) is 60.4 Å². The standard InChI is InChI=1S/C37H36N2O6S/c1-3-4-5-6-7-8-27-9-11-29(12-10-27)36-35(28-13-15-30(16-14-28)37(42)39-19-21-43-22-20-39)38-33(46-36)24-44-31-17-18-32(26(2)23-31)45-25-34(40)41/h3-7,9-18,23H,1,8,19-22,24-25H2,2H3,(H,40,41)/b5-4-,7-6-. The number of ether oxygens (including phenoxy) is 3. The van der Waals surface area contributed by atoms with Crippen molar-refractivity contribution in [2.45, 2.75) is 20.0 Å². The first kappa shape index (κ1) is 32.4. The lowest BCUT2D eigenvalue weighted by atomic mass is 10.0. The summed E-state index contributed by atoms with van der Waals surface area (Å²) in [6.45, 7) is 7.67. The van der Waals surface area contributed by atoms with Crippen LogP contribution in [0.15, 0.2) is 104 Å². The molecule has 1 aliphatic rings. The van der Waals surface area contributed by atoms with Crippen molar-refractivity contribution in [1.29, 1.82) is 0 Å². The van der Waals surface area contributed by atoms with Crippen LogP contribution in [0.4, 0.5) is 0 Å². The lowest BCUT2D eigenvalue weighted by molar-refractivity contribution is -0.139. The van der Waals surface area contributed by atoms with Gasteiger partial charge in [0, 0.05) is 24.2 Å². The molecule has 5 rings (SSSR count). The summed E-state index contributed by atoms with van der Waals surface area (Å²) >= 11 is 1.56. The summed E-state index contributed by atoms with van der Waals surface area (Å²) in [7, 11) is 0. The number of carboxylic acid groups (broad SMARTS) is 1. The molecule has 8 nitrogen and oxygen atoms in total. The van der Waals surface area contributed by atoms with Gasteiger partial charge in [0.1, 0.15) is 23.1 Å². The molecule has 0 unspecified atom stereocenters. The Morgan fingerprint density at radius 1 is 0.978 bits per heavy atom. The average Bonchev–Trinajstić information content (AvgIpc) is 3.51. The van der Waals surface area contributed by atoms with Gasteiger partial charge in [-0.05, 0) is 60.4 Å². The maximum atomic E-state index is 13.0. The molecule has 2 heterocycles. The van der Waals surface area contributed by atoms with Crippen LogP contribution in [0.3, 0.4) is 0 Å². The van der Waals surface area contributed by atoms with Crippen LogP contribution >= 0.6 is 11.3 Å². The Balaban J connectivity index is 1.37. The van der Waals surface area contributed by atoms with E-state index in [1.165, 1.54) is 5.56 Å². The number of benzene rings is 3. The summed E-state index contributed by atoms with van der Waals surface area (Å²) in [6, 6.07) is 21.4. The fourth-order valence-electron chi connectivity index (χ4n) is 4.91. The second-order valence-corrected chi connectivity index (χ2v) is 11.7. The summed E-state index contributed by atoms with van der Waals surface area (Å²) in [5, 5.41) is 9.70. The van der Waals surface area contributed by atoms with Gasteiger partial charge < -0.3 is 24.2 Å². The Kier molecular flexibility index (Phi) is 11.2. The van der Waals surface area contributed by atoms with E-state index in [2.05, 4.69) is 36.9 Å². The molecule has 0 atom stereocenters. The van der Waals surface area contributed by atoms with Crippen molar-refractivity contribution in [3.63, 3.8) is 0 Å². The number of thiazole rings is 1. The predicted octanol–water partition coefficient (Wildman–Crippen LogP) is 7.14. The van der Waals surface area contributed by atoms with Crippen LogP contribution in [0, 0.1) is 6.92 Å². The number of hydrogen-bond donors (Lipinski definition) is 1. The van der Waals surface area contributed by atoms with E-state index in [-0.39, 0.29) is 12.5 Å². The number of carbonyl (C=O) groups excluding carboxylic acids is 1. The Labute approximate surface area is 272 Å². The van der Waals surface area contributed by atoms with Crippen LogP contribution in [-0.2, 0) is 22.6 Å². The fraction of sp³-hybridized carbons (Fsp3) is 0.216. The van der Waals surface area contributed by atoms with Crippen molar-refractivity contribution in [3.8, 4) is 33.2 Å². The number of allylic oxidation sites excluding steroid dienone is 5. The Bertz CT molecular complexity index is 1720.